The summed E-state index contributed by atoms with van der Waals surface area (Å²) in [5.41, 5.74) is 1.65. The molecule has 0 saturated carbocycles. The summed E-state index contributed by atoms with van der Waals surface area (Å²) in [4.78, 5) is 60.9. The van der Waals surface area contributed by atoms with Crippen LogP contribution < -0.4 is 21.3 Å². The summed E-state index contributed by atoms with van der Waals surface area (Å²) in [6.45, 7) is 6.69. The van der Waals surface area contributed by atoms with E-state index in [1.807, 2.05) is 50.2 Å². The van der Waals surface area contributed by atoms with E-state index in [2.05, 4.69) is 26.3 Å². The molecule has 12 nitrogen and oxygen atoms in total. The fraction of sp³-hybridized carbons (Fsp3) is 0.486. The molecule has 0 aliphatic carbocycles. The molecule has 4 saturated heterocycles. The fourth-order valence-corrected chi connectivity index (χ4v) is 7.76. The van der Waals surface area contributed by atoms with Gasteiger partial charge in [-0.2, -0.15) is 0 Å². The van der Waals surface area contributed by atoms with Crippen molar-refractivity contribution in [2.45, 2.75) is 88.4 Å². The Hall–Kier alpha value is -4.55. The molecule has 4 fully saturated rings. The Morgan fingerprint density at radius 1 is 0.714 bits per heavy atom. The minimum absolute atomic E-state index is 0.00687. The molecular formula is C37H45N7O5. The predicted octanol–water partition coefficient (Wildman–Crippen LogP) is 4.15. The molecule has 3 aromatic rings. The number of nitrogens with one attached hydrogen (secondary N) is 4. The number of anilines is 2. The Bertz CT molecular complexity index is 1580. The average molecular weight is 668 g/mol. The molecule has 4 aliphatic rings. The lowest BCUT2D eigenvalue weighted by atomic mass is 9.98. The number of aromatic nitrogens is 1. The monoisotopic (exact) mass is 667 g/mol. The molecule has 49 heavy (non-hydrogen) atoms. The SMILES string of the molecule is CC1(C(=O)N2CCCC2C(=O)Nc2ccc(-c3cnc(-c4ccc(NC(=O)[C@@H]5CCCN5C(=O)[C@]5(C)CCCN5)cc4)o3)cc2)CCCN1. The number of benzene rings is 2. The van der Waals surface area contributed by atoms with E-state index >= 15 is 0 Å². The van der Waals surface area contributed by atoms with E-state index in [1.54, 1.807) is 28.1 Å². The molecule has 2 unspecified atom stereocenters. The maximum atomic E-state index is 13.3. The number of amides is 4. The molecule has 1 aromatic heterocycles. The first-order valence-corrected chi connectivity index (χ1v) is 17.5. The number of hydrogen-bond donors (Lipinski definition) is 4. The summed E-state index contributed by atoms with van der Waals surface area (Å²) in [5, 5.41) is 12.6. The first kappa shape index (κ1) is 33.0. The van der Waals surface area contributed by atoms with Gasteiger partial charge in [-0.3, -0.25) is 19.2 Å². The quantitative estimate of drug-likeness (QED) is 0.280. The maximum Gasteiger partial charge on any atom is 0.247 e. The van der Waals surface area contributed by atoms with Crippen LogP contribution in [0.15, 0.2) is 59.1 Å². The number of carbonyl (C=O) groups is 4. The van der Waals surface area contributed by atoms with Crippen LogP contribution in [-0.4, -0.2) is 87.8 Å². The van der Waals surface area contributed by atoms with Gasteiger partial charge in [-0.25, -0.2) is 4.98 Å². The van der Waals surface area contributed by atoms with E-state index in [-0.39, 0.29) is 23.6 Å². The van der Waals surface area contributed by atoms with Gasteiger partial charge in [0.1, 0.15) is 12.1 Å². The van der Waals surface area contributed by atoms with Gasteiger partial charge >= 0.3 is 0 Å². The van der Waals surface area contributed by atoms with Crippen LogP contribution in [0.4, 0.5) is 11.4 Å². The first-order valence-electron chi connectivity index (χ1n) is 17.5. The molecular weight excluding hydrogens is 622 g/mol. The fourth-order valence-electron chi connectivity index (χ4n) is 7.76. The van der Waals surface area contributed by atoms with Crippen molar-refractivity contribution in [3.8, 4) is 22.8 Å². The van der Waals surface area contributed by atoms with Crippen molar-refractivity contribution in [1.82, 2.24) is 25.4 Å². The van der Waals surface area contributed by atoms with E-state index in [1.165, 1.54) is 0 Å². The number of carbonyl (C=O) groups excluding carboxylic acids is 4. The number of nitrogens with zero attached hydrogens (tertiary/aromatic N) is 3. The van der Waals surface area contributed by atoms with Crippen LogP contribution in [0.3, 0.4) is 0 Å². The maximum absolute atomic E-state index is 13.3. The zero-order valence-corrected chi connectivity index (χ0v) is 28.2. The largest absolute Gasteiger partial charge is 0.436 e. The molecule has 2 aromatic carbocycles. The van der Waals surface area contributed by atoms with Crippen molar-refractivity contribution >= 4 is 35.0 Å². The van der Waals surface area contributed by atoms with Gasteiger partial charge in [0.25, 0.3) is 0 Å². The Kier molecular flexibility index (Phi) is 9.01. The third-order valence-electron chi connectivity index (χ3n) is 10.7. The highest BCUT2D eigenvalue weighted by molar-refractivity contribution is 6.00. The number of rotatable bonds is 8. The van der Waals surface area contributed by atoms with Gasteiger partial charge in [-0.05, 0) is 127 Å². The van der Waals surface area contributed by atoms with E-state index in [4.69, 9.17) is 4.42 Å². The molecule has 4 atom stereocenters. The van der Waals surface area contributed by atoms with Gasteiger partial charge in [0.05, 0.1) is 17.3 Å². The lowest BCUT2D eigenvalue weighted by molar-refractivity contribution is -0.141. The van der Waals surface area contributed by atoms with Crippen molar-refractivity contribution in [2.75, 3.05) is 36.8 Å². The molecule has 0 spiro atoms. The van der Waals surface area contributed by atoms with Gasteiger partial charge in [0, 0.05) is 35.6 Å². The Balaban J connectivity index is 0.946. The van der Waals surface area contributed by atoms with Crippen LogP contribution in [0.1, 0.15) is 65.2 Å². The van der Waals surface area contributed by atoms with E-state index < -0.39 is 23.2 Å². The summed E-state index contributed by atoms with van der Waals surface area (Å²) in [6, 6.07) is 13.7. The smallest absolute Gasteiger partial charge is 0.247 e. The van der Waals surface area contributed by atoms with Gasteiger partial charge in [0.15, 0.2) is 5.76 Å². The van der Waals surface area contributed by atoms with Crippen molar-refractivity contribution in [2.24, 2.45) is 0 Å². The predicted molar refractivity (Wildman–Crippen MR) is 185 cm³/mol. The van der Waals surface area contributed by atoms with Gasteiger partial charge in [-0.1, -0.05) is 0 Å². The minimum Gasteiger partial charge on any atom is -0.436 e. The molecule has 4 amide bonds. The second-order valence-corrected chi connectivity index (χ2v) is 14.2. The average Bonchev–Trinajstić information content (AvgIpc) is 3.95. The van der Waals surface area contributed by atoms with Crippen LogP contribution in [0, 0.1) is 0 Å². The van der Waals surface area contributed by atoms with Gasteiger partial charge in [-0.15, -0.1) is 0 Å². The normalized spacial score (nSPS) is 26.7. The van der Waals surface area contributed by atoms with E-state index in [0.29, 0.717) is 49.0 Å². The van der Waals surface area contributed by atoms with Crippen LogP contribution >= 0.6 is 0 Å². The highest BCUT2D eigenvalue weighted by atomic mass is 16.4. The van der Waals surface area contributed by atoms with Crippen LogP contribution in [0.25, 0.3) is 22.8 Å². The molecule has 12 heteroatoms. The van der Waals surface area contributed by atoms with Gasteiger partial charge < -0.3 is 35.5 Å². The van der Waals surface area contributed by atoms with E-state index in [9.17, 15) is 19.2 Å². The summed E-state index contributed by atoms with van der Waals surface area (Å²) in [7, 11) is 0. The zero-order chi connectivity index (χ0) is 34.2. The summed E-state index contributed by atoms with van der Waals surface area (Å²) in [5.74, 6) is 0.675. The third-order valence-corrected chi connectivity index (χ3v) is 10.7. The molecule has 258 valence electrons. The molecule has 0 bridgehead atoms. The number of oxazole rings is 1. The lowest BCUT2D eigenvalue weighted by Crippen LogP contribution is -2.56. The second-order valence-electron chi connectivity index (χ2n) is 14.2. The summed E-state index contributed by atoms with van der Waals surface area (Å²) >= 11 is 0. The van der Waals surface area contributed by atoms with Crippen molar-refractivity contribution in [3.05, 3.63) is 54.7 Å². The summed E-state index contributed by atoms with van der Waals surface area (Å²) in [6.07, 6.45) is 8.06. The number of hydrogen-bond acceptors (Lipinski definition) is 8. The van der Waals surface area contributed by atoms with Crippen molar-refractivity contribution in [3.63, 3.8) is 0 Å². The topological polar surface area (TPSA) is 149 Å². The number of likely N-dealkylation sites (tertiary alicyclic amines) is 2. The third kappa shape index (κ3) is 6.59. The second kappa shape index (κ2) is 13.4. The van der Waals surface area contributed by atoms with Crippen LogP contribution in [0.5, 0.6) is 0 Å². The highest BCUT2D eigenvalue weighted by Crippen LogP contribution is 2.31. The highest BCUT2D eigenvalue weighted by Gasteiger charge is 2.45. The lowest BCUT2D eigenvalue weighted by Gasteiger charge is -2.32. The Labute approximate surface area is 286 Å². The minimum atomic E-state index is -0.595. The molecule has 0 radical (unpaired) electrons. The molecule has 5 heterocycles. The first-order chi connectivity index (χ1) is 23.6. The van der Waals surface area contributed by atoms with E-state index in [0.717, 1.165) is 62.7 Å². The van der Waals surface area contributed by atoms with Gasteiger partial charge in [0.2, 0.25) is 29.5 Å². The Morgan fingerprint density at radius 3 is 1.63 bits per heavy atom. The molecule has 4 N–H and O–H groups in total. The van der Waals surface area contributed by atoms with Crippen LogP contribution in [0.2, 0.25) is 0 Å². The Morgan fingerprint density at radius 2 is 1.18 bits per heavy atom. The van der Waals surface area contributed by atoms with Crippen molar-refractivity contribution < 1.29 is 23.6 Å². The molecule has 4 aliphatic heterocycles. The molecule has 7 rings (SSSR count). The van der Waals surface area contributed by atoms with Crippen molar-refractivity contribution in [1.29, 1.82) is 0 Å². The van der Waals surface area contributed by atoms with Crippen LogP contribution in [-0.2, 0) is 19.2 Å². The standard InChI is InChI=1S/C37H45N7O5/c1-36(17-5-19-39-36)34(47)43-21-3-7-28(43)31(45)41-26-13-9-24(10-14-26)30-23-38-33(49-30)25-11-15-27(16-12-25)42-32(46)29-8-4-22-44(29)35(48)37(2)18-6-20-40-37/h9-16,23,28-29,39-40H,3-8,17-22H2,1-2H3,(H,41,45)(H,42,46)/t28?,29-,36?,37-/m0/s1. The summed E-state index contributed by atoms with van der Waals surface area (Å²) < 4.78 is 6.07. The zero-order valence-electron chi connectivity index (χ0n) is 28.2.